The maximum absolute atomic E-state index is 12.4. The molecule has 6 nitrogen and oxygen atoms in total. The fraction of sp³-hybridized carbons (Fsp3) is 0.350. The van der Waals surface area contributed by atoms with Crippen molar-refractivity contribution in [3.8, 4) is 11.5 Å². The van der Waals surface area contributed by atoms with Crippen molar-refractivity contribution in [3.63, 3.8) is 0 Å². The van der Waals surface area contributed by atoms with Crippen molar-refractivity contribution in [2.24, 2.45) is 0 Å². The van der Waals surface area contributed by atoms with Crippen LogP contribution in [-0.2, 0) is 11.3 Å². The predicted octanol–water partition coefficient (Wildman–Crippen LogP) is 2.86. The summed E-state index contributed by atoms with van der Waals surface area (Å²) in [6, 6.07) is 8.93. The number of Topliss-reactive ketones (excluding diaryl/α,β-unsaturated/α-hetero) is 1. The highest BCUT2D eigenvalue weighted by atomic mass is 16.5. The average molecular weight is 354 g/mol. The summed E-state index contributed by atoms with van der Waals surface area (Å²) in [5.74, 6) is 1.10. The third kappa shape index (κ3) is 4.59. The van der Waals surface area contributed by atoms with E-state index in [4.69, 9.17) is 9.47 Å². The molecule has 0 atom stereocenters. The molecule has 2 heterocycles. The Bertz CT molecular complexity index is 777. The number of aromatic nitrogens is 1. The van der Waals surface area contributed by atoms with Crippen LogP contribution in [-0.4, -0.2) is 41.8 Å². The first-order valence-electron chi connectivity index (χ1n) is 8.69. The minimum absolute atomic E-state index is 0.0726. The third-order valence-corrected chi connectivity index (χ3v) is 4.20. The Balaban J connectivity index is 1.55. The van der Waals surface area contributed by atoms with Gasteiger partial charge in [-0.15, -0.1) is 0 Å². The van der Waals surface area contributed by atoms with Gasteiger partial charge in [0.05, 0.1) is 13.2 Å². The van der Waals surface area contributed by atoms with Crippen LogP contribution < -0.4 is 9.47 Å². The lowest BCUT2D eigenvalue weighted by Gasteiger charge is -2.17. The molecule has 1 aromatic carbocycles. The van der Waals surface area contributed by atoms with E-state index in [0.717, 1.165) is 12.0 Å². The van der Waals surface area contributed by atoms with Gasteiger partial charge in [-0.3, -0.25) is 14.6 Å². The summed E-state index contributed by atoms with van der Waals surface area (Å²) in [6.45, 7) is 1.66. The molecule has 136 valence electrons. The average Bonchev–Trinajstić information content (AvgIpc) is 2.91. The van der Waals surface area contributed by atoms with E-state index in [2.05, 4.69) is 4.98 Å². The maximum atomic E-state index is 12.4. The zero-order chi connectivity index (χ0) is 18.4. The van der Waals surface area contributed by atoms with E-state index in [1.807, 2.05) is 12.1 Å². The van der Waals surface area contributed by atoms with E-state index in [9.17, 15) is 9.59 Å². The molecule has 26 heavy (non-hydrogen) atoms. The summed E-state index contributed by atoms with van der Waals surface area (Å²) < 4.78 is 11.2. The van der Waals surface area contributed by atoms with Gasteiger partial charge in [-0.2, -0.15) is 0 Å². The van der Waals surface area contributed by atoms with Gasteiger partial charge in [0.1, 0.15) is 0 Å². The number of amides is 1. The summed E-state index contributed by atoms with van der Waals surface area (Å²) in [4.78, 5) is 30.3. The largest absolute Gasteiger partial charge is 0.490 e. The molecule has 0 N–H and O–H groups in total. The van der Waals surface area contributed by atoms with Crippen LogP contribution in [0.3, 0.4) is 0 Å². The molecular weight excluding hydrogens is 332 g/mol. The molecule has 0 bridgehead atoms. The number of fused-ring (bicyclic) bond motifs is 1. The van der Waals surface area contributed by atoms with E-state index < -0.39 is 0 Å². The lowest BCUT2D eigenvalue weighted by atomic mass is 10.1. The summed E-state index contributed by atoms with van der Waals surface area (Å²) in [7, 11) is 1.73. The van der Waals surface area contributed by atoms with E-state index >= 15 is 0 Å². The van der Waals surface area contributed by atoms with Gasteiger partial charge in [-0.05, 0) is 29.8 Å². The van der Waals surface area contributed by atoms with Gasteiger partial charge >= 0.3 is 0 Å². The zero-order valence-electron chi connectivity index (χ0n) is 14.8. The number of nitrogens with zero attached hydrogens (tertiary/aromatic N) is 2. The zero-order valence-corrected chi connectivity index (χ0v) is 14.8. The van der Waals surface area contributed by atoms with Gasteiger partial charge in [-0.25, -0.2) is 0 Å². The van der Waals surface area contributed by atoms with Crippen LogP contribution in [0.1, 0.15) is 35.2 Å². The Kier molecular flexibility index (Phi) is 5.84. The maximum Gasteiger partial charge on any atom is 0.223 e. The minimum atomic E-state index is -0.0798. The van der Waals surface area contributed by atoms with Crippen LogP contribution >= 0.6 is 0 Å². The van der Waals surface area contributed by atoms with Gasteiger partial charge < -0.3 is 14.4 Å². The predicted molar refractivity (Wildman–Crippen MR) is 96.3 cm³/mol. The second kappa shape index (κ2) is 8.47. The standard InChI is InChI=1S/C20H22N2O4/c1-22(14-15-4-2-9-21-13-15)20(24)8-6-17(23)16-5-7-18-19(12-16)26-11-3-10-25-18/h2,4-5,7,9,12-13H,3,6,8,10-11,14H2,1H3. The highest BCUT2D eigenvalue weighted by Gasteiger charge is 2.16. The fourth-order valence-corrected chi connectivity index (χ4v) is 2.75. The van der Waals surface area contributed by atoms with Crippen molar-refractivity contribution in [2.45, 2.75) is 25.8 Å². The lowest BCUT2D eigenvalue weighted by Crippen LogP contribution is -2.26. The highest BCUT2D eigenvalue weighted by Crippen LogP contribution is 2.30. The van der Waals surface area contributed by atoms with Crippen LogP contribution in [0.4, 0.5) is 0 Å². The van der Waals surface area contributed by atoms with Crippen LogP contribution in [0.15, 0.2) is 42.7 Å². The molecule has 0 saturated heterocycles. The molecule has 6 heteroatoms. The molecule has 0 saturated carbocycles. The first-order chi connectivity index (χ1) is 12.6. The van der Waals surface area contributed by atoms with Gasteiger partial charge in [0, 0.05) is 50.8 Å². The van der Waals surface area contributed by atoms with E-state index in [1.54, 1.807) is 42.5 Å². The number of ether oxygens (including phenoxy) is 2. The number of hydrogen-bond acceptors (Lipinski definition) is 5. The number of carbonyl (C=O) groups excluding carboxylic acids is 2. The molecule has 0 fully saturated rings. The molecule has 1 aromatic heterocycles. The minimum Gasteiger partial charge on any atom is -0.490 e. The molecule has 2 aromatic rings. The Morgan fingerprint density at radius 1 is 1.12 bits per heavy atom. The highest BCUT2D eigenvalue weighted by molar-refractivity contribution is 5.98. The quantitative estimate of drug-likeness (QED) is 0.746. The van der Waals surface area contributed by atoms with Crippen molar-refractivity contribution in [3.05, 3.63) is 53.9 Å². The van der Waals surface area contributed by atoms with E-state index in [0.29, 0.717) is 36.8 Å². The number of pyridine rings is 1. The molecular formula is C20H22N2O4. The van der Waals surface area contributed by atoms with E-state index in [1.165, 1.54) is 0 Å². The SMILES string of the molecule is CN(Cc1cccnc1)C(=O)CCC(=O)c1ccc2c(c1)OCCCO2. The molecule has 3 rings (SSSR count). The normalized spacial score (nSPS) is 13.0. The van der Waals surface area contributed by atoms with Crippen molar-refractivity contribution in [1.29, 1.82) is 0 Å². The van der Waals surface area contributed by atoms with Crippen LogP contribution in [0.5, 0.6) is 11.5 Å². The number of rotatable bonds is 6. The number of hydrogen-bond donors (Lipinski definition) is 0. The summed E-state index contributed by atoms with van der Waals surface area (Å²) in [5, 5.41) is 0. The third-order valence-electron chi connectivity index (χ3n) is 4.20. The molecule has 0 spiro atoms. The monoisotopic (exact) mass is 354 g/mol. The summed E-state index contributed by atoms with van der Waals surface area (Å²) in [6.07, 6.45) is 4.57. The summed E-state index contributed by atoms with van der Waals surface area (Å²) in [5.41, 5.74) is 1.49. The van der Waals surface area contributed by atoms with Gasteiger partial charge in [0.25, 0.3) is 0 Å². The van der Waals surface area contributed by atoms with Crippen molar-refractivity contribution < 1.29 is 19.1 Å². The van der Waals surface area contributed by atoms with Gasteiger partial charge in [0.2, 0.25) is 5.91 Å². The molecule has 0 unspecified atom stereocenters. The number of benzene rings is 1. The topological polar surface area (TPSA) is 68.7 Å². The Labute approximate surface area is 152 Å². The molecule has 0 radical (unpaired) electrons. The van der Waals surface area contributed by atoms with Crippen molar-refractivity contribution in [2.75, 3.05) is 20.3 Å². The second-order valence-electron chi connectivity index (χ2n) is 6.25. The van der Waals surface area contributed by atoms with Crippen LogP contribution in [0.25, 0.3) is 0 Å². The molecule has 1 amide bonds. The Morgan fingerprint density at radius 3 is 2.69 bits per heavy atom. The van der Waals surface area contributed by atoms with Gasteiger partial charge in [-0.1, -0.05) is 6.07 Å². The van der Waals surface area contributed by atoms with Gasteiger partial charge in [0.15, 0.2) is 17.3 Å². The first kappa shape index (κ1) is 17.9. The fourth-order valence-electron chi connectivity index (χ4n) is 2.75. The smallest absolute Gasteiger partial charge is 0.223 e. The number of carbonyl (C=O) groups is 2. The Morgan fingerprint density at radius 2 is 1.92 bits per heavy atom. The first-order valence-corrected chi connectivity index (χ1v) is 8.69. The molecule has 1 aliphatic heterocycles. The molecule has 0 aliphatic carbocycles. The second-order valence-corrected chi connectivity index (χ2v) is 6.25. The van der Waals surface area contributed by atoms with Crippen molar-refractivity contribution in [1.82, 2.24) is 9.88 Å². The summed E-state index contributed by atoms with van der Waals surface area (Å²) >= 11 is 0. The van der Waals surface area contributed by atoms with Crippen molar-refractivity contribution >= 4 is 11.7 Å². The Hall–Kier alpha value is -2.89. The molecule has 1 aliphatic rings. The van der Waals surface area contributed by atoms with Crippen LogP contribution in [0, 0.1) is 0 Å². The lowest BCUT2D eigenvalue weighted by molar-refractivity contribution is -0.130. The number of ketones is 1. The van der Waals surface area contributed by atoms with Crippen LogP contribution in [0.2, 0.25) is 0 Å². The van der Waals surface area contributed by atoms with E-state index in [-0.39, 0.29) is 24.5 Å².